The second-order valence-electron chi connectivity index (χ2n) is 2.03. The van der Waals surface area contributed by atoms with Crippen LogP contribution in [0.15, 0.2) is 11.0 Å². The summed E-state index contributed by atoms with van der Waals surface area (Å²) in [5.74, 6) is -0.900. The first-order chi connectivity index (χ1) is 6.11. The third-order valence-corrected chi connectivity index (χ3v) is 5.76. The fourth-order valence-corrected chi connectivity index (χ4v) is 4.89. The van der Waals surface area contributed by atoms with Gasteiger partial charge in [-0.05, 0) is 0 Å². The Hall–Kier alpha value is -0.611. The molecule has 1 heterocycles. The van der Waals surface area contributed by atoms with Gasteiger partial charge in [-0.1, -0.05) is 0 Å². The molecule has 1 aromatic rings. The van der Waals surface area contributed by atoms with Crippen molar-refractivity contribution in [3.8, 4) is 0 Å². The molecule has 70 valence electrons. The van der Waals surface area contributed by atoms with Gasteiger partial charge in [0.15, 0.2) is 0 Å². The summed E-state index contributed by atoms with van der Waals surface area (Å²) in [5.41, 5.74) is 0. The number of hydrogen-bond acceptors (Lipinski definition) is 3. The normalized spacial score (nSPS) is 9.85. The molecule has 0 aromatic carbocycles. The van der Waals surface area contributed by atoms with Crippen LogP contribution in [0.4, 0.5) is 4.56 Å². The molecule has 1 aromatic heterocycles. The number of rotatable bonds is 4. The van der Waals surface area contributed by atoms with Gasteiger partial charge in [0, 0.05) is 0 Å². The van der Waals surface area contributed by atoms with Gasteiger partial charge < -0.3 is 0 Å². The predicted molar refractivity (Wildman–Crippen MR) is 47.9 cm³/mol. The average molecular weight is 313 g/mol. The Morgan fingerprint density at radius 3 is 3.00 bits per heavy atom. The van der Waals surface area contributed by atoms with E-state index in [0.717, 1.165) is 0 Å². The van der Waals surface area contributed by atoms with Crippen LogP contribution in [-0.2, 0) is 4.79 Å². The van der Waals surface area contributed by atoms with Crippen molar-refractivity contribution >= 4 is 44.5 Å². The minimum atomic E-state index is -0.900. The van der Waals surface area contributed by atoms with Crippen molar-refractivity contribution in [2.24, 2.45) is 0 Å². The third-order valence-electron chi connectivity index (χ3n) is 1.13. The van der Waals surface area contributed by atoms with E-state index in [4.69, 9.17) is 5.11 Å². The van der Waals surface area contributed by atoms with E-state index in [1.54, 1.807) is 11.0 Å². The number of hydrogen-bond donors (Lipinski definition) is 1. The fraction of sp³-hybridized carbons (Fsp3) is 0.167. The molecule has 1 N–H and O–H groups in total. The Morgan fingerprint density at radius 1 is 1.77 bits per heavy atom. The summed E-state index contributed by atoms with van der Waals surface area (Å²) in [6.45, 7) is 0. The van der Waals surface area contributed by atoms with Crippen molar-refractivity contribution in [3.05, 3.63) is 21.1 Å². The molecule has 0 bridgehead atoms. The first kappa shape index (κ1) is 10.5. The van der Waals surface area contributed by atoms with Crippen LogP contribution in [0.25, 0.3) is 0 Å². The van der Waals surface area contributed by atoms with Crippen LogP contribution >= 0.6 is 0 Å². The molecule has 7 heteroatoms. The molecule has 0 fully saturated rings. The Balaban J connectivity index is 2.71. The van der Waals surface area contributed by atoms with Gasteiger partial charge in [0.1, 0.15) is 0 Å². The van der Waals surface area contributed by atoms with Gasteiger partial charge in [0.25, 0.3) is 0 Å². The summed E-state index contributed by atoms with van der Waals surface area (Å²) < 4.78 is 0.841. The molecule has 0 spiro atoms. The van der Waals surface area contributed by atoms with E-state index >= 15 is 0 Å². The van der Waals surface area contributed by atoms with Crippen molar-refractivity contribution in [2.75, 3.05) is 0 Å². The fourth-order valence-electron chi connectivity index (χ4n) is 0.672. The van der Waals surface area contributed by atoms with Crippen molar-refractivity contribution in [1.29, 1.82) is 0 Å². The second kappa shape index (κ2) is 4.58. The zero-order valence-corrected chi connectivity index (χ0v) is 9.72. The van der Waals surface area contributed by atoms with Gasteiger partial charge in [0.05, 0.1) is 0 Å². The number of carboxylic acid groups (broad SMARTS) is 1. The van der Waals surface area contributed by atoms with Gasteiger partial charge in [-0.2, -0.15) is 0 Å². The second-order valence-corrected chi connectivity index (χ2v) is 6.04. The topological polar surface area (TPSA) is 80.4 Å². The maximum absolute atomic E-state index is 10.4. The monoisotopic (exact) mass is 315 g/mol. The number of aliphatic carboxylic acids is 1. The van der Waals surface area contributed by atoms with Gasteiger partial charge >= 0.3 is 85.7 Å². The zero-order valence-electron chi connectivity index (χ0n) is 6.30. The van der Waals surface area contributed by atoms with Crippen LogP contribution < -0.4 is 4.46 Å². The van der Waals surface area contributed by atoms with Gasteiger partial charge in [-0.15, -0.1) is 0 Å². The molecule has 0 radical (unpaired) electrons. The first-order valence-corrected chi connectivity index (χ1v) is 7.09. The average Bonchev–Trinajstić information content (AvgIpc) is 2.47. The first-order valence-electron chi connectivity index (χ1n) is 3.17. The molecule has 0 atom stereocenters. The molecule has 0 aliphatic carbocycles. The molecular formula is C6H5NO4Se2. The van der Waals surface area contributed by atoms with Crippen LogP contribution in [0, 0.1) is 10.1 Å². The van der Waals surface area contributed by atoms with Gasteiger partial charge in [0.2, 0.25) is 0 Å². The maximum atomic E-state index is 10.4. The molecule has 1 rings (SSSR count). The zero-order chi connectivity index (χ0) is 9.84. The molecule has 0 amide bonds. The van der Waals surface area contributed by atoms with E-state index in [1.807, 2.05) is 0 Å². The van der Waals surface area contributed by atoms with Crippen molar-refractivity contribution < 1.29 is 14.8 Å². The molecule has 13 heavy (non-hydrogen) atoms. The van der Waals surface area contributed by atoms with Crippen molar-refractivity contribution in [1.82, 2.24) is 0 Å². The summed E-state index contributed by atoms with van der Waals surface area (Å²) >= 11 is -0.512. The summed E-state index contributed by atoms with van der Waals surface area (Å²) in [7, 11) is 0. The number of nitro groups is 1. The molecular weight excluding hydrogens is 308 g/mol. The molecule has 0 aliphatic rings. The molecule has 0 saturated carbocycles. The standard InChI is InChI=1S/C6H5NO4Se2/c8-5(9)3-13-4-1-2-12-6(4)7(10)11/h1-2H,3H2,(H,8,9). The number of nitrogens with zero attached hydrogens (tertiary/aromatic N) is 1. The van der Waals surface area contributed by atoms with Crippen LogP contribution in [0.1, 0.15) is 0 Å². The van der Waals surface area contributed by atoms with E-state index in [9.17, 15) is 14.9 Å². The number of carboxylic acids is 1. The van der Waals surface area contributed by atoms with Crippen LogP contribution in [0.2, 0.25) is 5.32 Å². The quantitative estimate of drug-likeness (QED) is 0.461. The van der Waals surface area contributed by atoms with Crippen LogP contribution in [0.3, 0.4) is 0 Å². The summed E-state index contributed by atoms with van der Waals surface area (Å²) in [6.07, 6.45) is 0. The van der Waals surface area contributed by atoms with Gasteiger partial charge in [-0.25, -0.2) is 0 Å². The van der Waals surface area contributed by atoms with E-state index in [-0.39, 0.29) is 39.3 Å². The van der Waals surface area contributed by atoms with Crippen LogP contribution in [-0.4, -0.2) is 45.5 Å². The molecule has 0 saturated heterocycles. The third kappa shape index (κ3) is 2.97. The van der Waals surface area contributed by atoms with Crippen LogP contribution in [0.5, 0.6) is 0 Å². The SMILES string of the molecule is O=C(O)C[Se]c1cc[se]c1[N+](=O)[O-]. The molecule has 5 nitrogen and oxygen atoms in total. The van der Waals surface area contributed by atoms with Crippen molar-refractivity contribution in [3.63, 3.8) is 0 Å². The van der Waals surface area contributed by atoms with Crippen molar-refractivity contribution in [2.45, 2.75) is 5.32 Å². The Bertz CT molecular complexity index is 335. The Morgan fingerprint density at radius 2 is 2.46 bits per heavy atom. The summed E-state index contributed by atoms with van der Waals surface area (Å²) in [6, 6.07) is 1.68. The molecule has 0 unspecified atom stereocenters. The Labute approximate surface area is 85.8 Å². The van der Waals surface area contributed by atoms with Gasteiger partial charge in [-0.3, -0.25) is 0 Å². The van der Waals surface area contributed by atoms with E-state index < -0.39 is 10.9 Å². The summed E-state index contributed by atoms with van der Waals surface area (Å²) in [4.78, 5) is 22.0. The Kier molecular flexibility index (Phi) is 3.69. The summed E-state index contributed by atoms with van der Waals surface area (Å²) in [5, 5.41) is 18.9. The van der Waals surface area contributed by atoms with E-state index in [0.29, 0.717) is 4.46 Å². The van der Waals surface area contributed by atoms with E-state index in [2.05, 4.69) is 0 Å². The predicted octanol–water partition coefficient (Wildman–Crippen LogP) is -0.516. The van der Waals surface area contributed by atoms with E-state index in [1.165, 1.54) is 0 Å². The number of carbonyl (C=O) groups is 1. The minimum absolute atomic E-state index is 0.0140. The molecule has 0 aliphatic heterocycles.